The van der Waals surface area contributed by atoms with Crippen LogP contribution in [0.2, 0.25) is 0 Å². The third-order valence-corrected chi connectivity index (χ3v) is 3.99. The molecule has 1 aromatic carbocycles. The summed E-state index contributed by atoms with van der Waals surface area (Å²) in [5.74, 6) is 0.571. The van der Waals surface area contributed by atoms with Crippen LogP contribution in [0.5, 0.6) is 5.75 Å². The van der Waals surface area contributed by atoms with Crippen LogP contribution < -0.4 is 15.4 Å². The lowest BCUT2D eigenvalue weighted by molar-refractivity contribution is 0.0921. The van der Waals surface area contributed by atoms with E-state index in [9.17, 15) is 9.90 Å². The van der Waals surface area contributed by atoms with Gasteiger partial charge >= 0.3 is 0 Å². The van der Waals surface area contributed by atoms with Crippen molar-refractivity contribution in [3.8, 4) is 11.4 Å². The molecule has 3 rings (SSSR count). The molecule has 1 aromatic heterocycles. The number of carbonyl (C=O) groups excluding carboxylic acids is 1. The van der Waals surface area contributed by atoms with Crippen LogP contribution >= 0.6 is 12.4 Å². The summed E-state index contributed by atoms with van der Waals surface area (Å²) in [6.07, 6.45) is 1.33. The highest BCUT2D eigenvalue weighted by Gasteiger charge is 2.25. The van der Waals surface area contributed by atoms with Gasteiger partial charge in [0.1, 0.15) is 5.75 Å². The number of aromatic nitrogens is 2. The van der Waals surface area contributed by atoms with Crippen molar-refractivity contribution in [2.45, 2.75) is 6.10 Å². The number of rotatable bonds is 5. The Morgan fingerprint density at radius 1 is 1.38 bits per heavy atom. The van der Waals surface area contributed by atoms with Crippen molar-refractivity contribution in [2.24, 2.45) is 5.92 Å². The number of benzene rings is 1. The molecule has 2 heterocycles. The summed E-state index contributed by atoms with van der Waals surface area (Å²) in [5, 5.41) is 19.9. The molecular formula is C16H21ClN4O3. The average Bonchev–Trinajstić information content (AvgIpc) is 3.22. The van der Waals surface area contributed by atoms with Crippen molar-refractivity contribution >= 4 is 18.3 Å². The quantitative estimate of drug-likeness (QED) is 0.734. The van der Waals surface area contributed by atoms with Crippen molar-refractivity contribution in [1.82, 2.24) is 20.4 Å². The van der Waals surface area contributed by atoms with Crippen LogP contribution in [0.25, 0.3) is 5.69 Å². The molecule has 1 saturated heterocycles. The third kappa shape index (κ3) is 4.05. The maximum Gasteiger partial charge on any atom is 0.271 e. The normalized spacial score (nSPS) is 19.6. The summed E-state index contributed by atoms with van der Waals surface area (Å²) < 4.78 is 6.76. The van der Waals surface area contributed by atoms with Gasteiger partial charge in [0.05, 0.1) is 18.9 Å². The van der Waals surface area contributed by atoms with Crippen LogP contribution in [0, 0.1) is 5.92 Å². The van der Waals surface area contributed by atoms with E-state index in [4.69, 9.17) is 4.74 Å². The molecule has 0 bridgehead atoms. The summed E-state index contributed by atoms with van der Waals surface area (Å²) in [6, 6.07) is 9.08. The molecule has 0 aliphatic carbocycles. The van der Waals surface area contributed by atoms with Crippen LogP contribution in [0.3, 0.4) is 0 Å². The van der Waals surface area contributed by atoms with Crippen molar-refractivity contribution in [3.63, 3.8) is 0 Å². The molecular weight excluding hydrogens is 332 g/mol. The van der Waals surface area contributed by atoms with Crippen LogP contribution in [-0.2, 0) is 0 Å². The lowest BCUT2D eigenvalue weighted by atomic mass is 10.1. The van der Waals surface area contributed by atoms with Crippen molar-refractivity contribution in [1.29, 1.82) is 0 Å². The smallest absolute Gasteiger partial charge is 0.271 e. The Kier molecular flexibility index (Phi) is 6.19. The number of halogens is 1. The van der Waals surface area contributed by atoms with Gasteiger partial charge in [0.25, 0.3) is 5.91 Å². The van der Waals surface area contributed by atoms with E-state index >= 15 is 0 Å². The lowest BCUT2D eigenvalue weighted by Gasteiger charge is -2.13. The molecule has 2 unspecified atom stereocenters. The van der Waals surface area contributed by atoms with Crippen LogP contribution in [0.1, 0.15) is 10.5 Å². The third-order valence-electron chi connectivity index (χ3n) is 3.99. The van der Waals surface area contributed by atoms with E-state index in [1.54, 1.807) is 24.1 Å². The minimum Gasteiger partial charge on any atom is -0.497 e. The molecule has 7 nitrogen and oxygen atoms in total. The fourth-order valence-corrected chi connectivity index (χ4v) is 2.57. The molecule has 1 fully saturated rings. The first kappa shape index (κ1) is 18.3. The minimum atomic E-state index is -0.410. The van der Waals surface area contributed by atoms with Crippen molar-refractivity contribution < 1.29 is 14.6 Å². The first-order valence-electron chi connectivity index (χ1n) is 7.54. The molecule has 3 N–H and O–H groups in total. The zero-order chi connectivity index (χ0) is 16.2. The Morgan fingerprint density at radius 2 is 2.12 bits per heavy atom. The second-order valence-electron chi connectivity index (χ2n) is 5.54. The number of carbonyl (C=O) groups is 1. The van der Waals surface area contributed by atoms with E-state index in [0.717, 1.165) is 11.4 Å². The molecule has 0 spiro atoms. The van der Waals surface area contributed by atoms with E-state index in [-0.39, 0.29) is 24.2 Å². The number of amides is 1. The second-order valence-corrected chi connectivity index (χ2v) is 5.54. The van der Waals surface area contributed by atoms with Crippen molar-refractivity contribution in [2.75, 3.05) is 26.7 Å². The van der Waals surface area contributed by atoms with E-state index in [2.05, 4.69) is 15.7 Å². The second kappa shape index (κ2) is 8.14. The first-order chi connectivity index (χ1) is 11.2. The van der Waals surface area contributed by atoms with Gasteiger partial charge in [-0.15, -0.1) is 12.4 Å². The van der Waals surface area contributed by atoms with E-state index < -0.39 is 6.10 Å². The highest BCUT2D eigenvalue weighted by molar-refractivity contribution is 5.92. The molecule has 2 atom stereocenters. The summed E-state index contributed by atoms with van der Waals surface area (Å²) >= 11 is 0. The number of methoxy groups -OCH3 is 1. The summed E-state index contributed by atoms with van der Waals surface area (Å²) in [7, 11) is 1.61. The number of aliphatic hydroxyl groups is 1. The fraction of sp³-hybridized carbons (Fsp3) is 0.375. The Bertz CT molecular complexity index is 674. The van der Waals surface area contributed by atoms with Crippen LogP contribution in [-0.4, -0.2) is 53.6 Å². The average molecular weight is 353 g/mol. The molecule has 8 heteroatoms. The summed E-state index contributed by atoms with van der Waals surface area (Å²) in [5.41, 5.74) is 1.20. The summed E-state index contributed by atoms with van der Waals surface area (Å²) in [4.78, 5) is 12.1. The van der Waals surface area contributed by atoms with Gasteiger partial charge in [-0.3, -0.25) is 4.79 Å². The van der Waals surface area contributed by atoms with Gasteiger partial charge in [-0.25, -0.2) is 4.68 Å². The van der Waals surface area contributed by atoms with Crippen LogP contribution in [0.4, 0.5) is 0 Å². The van der Waals surface area contributed by atoms with Gasteiger partial charge in [-0.1, -0.05) is 0 Å². The maximum absolute atomic E-state index is 12.1. The highest BCUT2D eigenvalue weighted by Crippen LogP contribution is 2.14. The zero-order valence-corrected chi connectivity index (χ0v) is 14.1. The van der Waals surface area contributed by atoms with Gasteiger partial charge in [0, 0.05) is 31.7 Å². The Hall–Kier alpha value is -2.09. The fourth-order valence-electron chi connectivity index (χ4n) is 2.57. The molecule has 130 valence electrons. The van der Waals surface area contributed by atoms with Crippen molar-refractivity contribution in [3.05, 3.63) is 42.2 Å². The summed E-state index contributed by atoms with van der Waals surface area (Å²) in [6.45, 7) is 1.72. The number of β-amino-alcohol motifs (C(OH)–C–C–N with tert-alkyl or cyclic N) is 1. The number of nitrogens with one attached hydrogen (secondary N) is 2. The van der Waals surface area contributed by atoms with Gasteiger partial charge in [-0.2, -0.15) is 5.10 Å². The molecule has 1 aliphatic heterocycles. The predicted octanol–water partition coefficient (Wildman–Crippen LogP) is 0.613. The number of ether oxygens (including phenoxy) is 1. The SMILES string of the molecule is COc1ccc(-n2ccc(C(=O)NCC3CNCC3O)n2)cc1.Cl. The lowest BCUT2D eigenvalue weighted by Crippen LogP contribution is -2.34. The van der Waals surface area contributed by atoms with Gasteiger partial charge in [-0.05, 0) is 30.3 Å². The number of hydrogen-bond acceptors (Lipinski definition) is 5. The Morgan fingerprint density at radius 3 is 2.75 bits per heavy atom. The predicted molar refractivity (Wildman–Crippen MR) is 92.1 cm³/mol. The largest absolute Gasteiger partial charge is 0.497 e. The molecule has 24 heavy (non-hydrogen) atoms. The maximum atomic E-state index is 12.1. The highest BCUT2D eigenvalue weighted by atomic mass is 35.5. The Labute approximate surface area is 146 Å². The minimum absolute atomic E-state index is 0. The monoisotopic (exact) mass is 352 g/mol. The molecule has 1 aliphatic rings. The van der Waals surface area contributed by atoms with Gasteiger partial charge in [0.2, 0.25) is 0 Å². The molecule has 1 amide bonds. The first-order valence-corrected chi connectivity index (χ1v) is 7.54. The van der Waals surface area contributed by atoms with Gasteiger partial charge < -0.3 is 20.5 Å². The standard InChI is InChI=1S/C16H20N4O3.ClH/c1-23-13-4-2-12(3-5-13)20-7-6-14(19-20)16(22)18-9-11-8-17-10-15(11)21;/h2-7,11,15,17,21H,8-10H2,1H3,(H,18,22);1H. The van der Waals surface area contributed by atoms with E-state index in [0.29, 0.717) is 25.3 Å². The zero-order valence-electron chi connectivity index (χ0n) is 13.3. The van der Waals surface area contributed by atoms with Crippen LogP contribution in [0.15, 0.2) is 36.5 Å². The topological polar surface area (TPSA) is 88.4 Å². The Balaban J connectivity index is 0.00000208. The molecule has 2 aromatic rings. The number of aliphatic hydroxyl groups excluding tert-OH is 1. The molecule has 0 saturated carbocycles. The van der Waals surface area contributed by atoms with Gasteiger partial charge in [0.15, 0.2) is 5.69 Å². The van der Waals surface area contributed by atoms with E-state index in [1.807, 2.05) is 24.3 Å². The van der Waals surface area contributed by atoms with E-state index in [1.165, 1.54) is 0 Å². The number of hydrogen-bond donors (Lipinski definition) is 3. The number of nitrogens with zero attached hydrogens (tertiary/aromatic N) is 2. The molecule has 0 radical (unpaired) electrons.